The molecule has 1 aromatic rings. The van der Waals surface area contributed by atoms with E-state index >= 15 is 0 Å². The van der Waals surface area contributed by atoms with E-state index in [9.17, 15) is 0 Å². The highest BCUT2D eigenvalue weighted by Crippen LogP contribution is 2.25. The summed E-state index contributed by atoms with van der Waals surface area (Å²) in [5, 5.41) is 7.86. The highest BCUT2D eigenvalue weighted by atomic mass is 35.5. The third-order valence-corrected chi connectivity index (χ3v) is 3.50. The first-order chi connectivity index (χ1) is 8.65. The molecule has 0 aromatic heterocycles. The van der Waals surface area contributed by atoms with Crippen LogP contribution >= 0.6 is 35.4 Å². The number of ether oxygens (including phenoxy) is 1. The summed E-state index contributed by atoms with van der Waals surface area (Å²) in [6.45, 7) is 1.55. The summed E-state index contributed by atoms with van der Waals surface area (Å²) in [5.41, 5.74) is 0.703. The predicted octanol–water partition coefficient (Wildman–Crippen LogP) is 3.46. The Hall–Kier alpha value is -0.550. The van der Waals surface area contributed by atoms with Crippen molar-refractivity contribution in [2.45, 2.75) is 18.9 Å². The van der Waals surface area contributed by atoms with Gasteiger partial charge in [0, 0.05) is 18.2 Å². The van der Waals surface area contributed by atoms with E-state index in [4.69, 9.17) is 40.2 Å². The lowest BCUT2D eigenvalue weighted by Crippen LogP contribution is -2.34. The van der Waals surface area contributed by atoms with Crippen molar-refractivity contribution >= 4 is 46.2 Å². The van der Waals surface area contributed by atoms with Crippen molar-refractivity contribution < 1.29 is 4.74 Å². The molecule has 18 heavy (non-hydrogen) atoms. The van der Waals surface area contributed by atoms with Crippen LogP contribution in [0.2, 0.25) is 10.0 Å². The second kappa shape index (κ2) is 6.57. The lowest BCUT2D eigenvalue weighted by Gasteiger charge is -2.14. The van der Waals surface area contributed by atoms with Gasteiger partial charge in [-0.3, -0.25) is 0 Å². The van der Waals surface area contributed by atoms with Crippen molar-refractivity contribution in [2.24, 2.45) is 0 Å². The fourth-order valence-electron chi connectivity index (χ4n) is 1.77. The maximum Gasteiger partial charge on any atom is 0.170 e. The quantitative estimate of drug-likeness (QED) is 0.838. The highest BCUT2D eigenvalue weighted by Gasteiger charge is 2.15. The summed E-state index contributed by atoms with van der Waals surface area (Å²) >= 11 is 17.1. The van der Waals surface area contributed by atoms with Gasteiger partial charge in [0.2, 0.25) is 0 Å². The number of hydrogen-bond acceptors (Lipinski definition) is 2. The van der Waals surface area contributed by atoms with Crippen LogP contribution < -0.4 is 10.6 Å². The lowest BCUT2D eigenvalue weighted by molar-refractivity contribution is 0.114. The van der Waals surface area contributed by atoms with E-state index in [2.05, 4.69) is 10.6 Å². The summed E-state index contributed by atoms with van der Waals surface area (Å²) in [5.74, 6) is 0. The van der Waals surface area contributed by atoms with Crippen LogP contribution in [-0.4, -0.2) is 24.4 Å². The molecule has 1 fully saturated rings. The molecule has 1 atom stereocenters. The zero-order valence-electron chi connectivity index (χ0n) is 9.71. The first-order valence-electron chi connectivity index (χ1n) is 5.76. The van der Waals surface area contributed by atoms with Crippen LogP contribution in [0.15, 0.2) is 18.2 Å². The minimum atomic E-state index is 0.250. The number of hydrogen-bond donors (Lipinski definition) is 2. The van der Waals surface area contributed by atoms with Crippen LogP contribution in [0.3, 0.4) is 0 Å². The monoisotopic (exact) mass is 304 g/mol. The Bertz CT molecular complexity index is 436. The summed E-state index contributed by atoms with van der Waals surface area (Å²) in [6, 6.07) is 5.21. The van der Waals surface area contributed by atoms with Crippen LogP contribution in [0.25, 0.3) is 0 Å². The molecule has 0 amide bonds. The van der Waals surface area contributed by atoms with Crippen molar-refractivity contribution in [3.8, 4) is 0 Å². The fourth-order valence-corrected chi connectivity index (χ4v) is 2.30. The molecule has 1 saturated heterocycles. The molecular weight excluding hydrogens is 291 g/mol. The van der Waals surface area contributed by atoms with Gasteiger partial charge in [-0.1, -0.05) is 23.2 Å². The molecule has 0 aliphatic carbocycles. The standard InChI is InChI=1S/C12H14Cl2N2OS/c13-8-3-4-10(14)11(6-8)16-12(18)15-7-9-2-1-5-17-9/h3-4,6,9H,1-2,5,7H2,(H2,15,16,18)/t9-/m1/s1. The summed E-state index contributed by atoms with van der Waals surface area (Å²) in [4.78, 5) is 0. The van der Waals surface area contributed by atoms with Crippen molar-refractivity contribution in [3.05, 3.63) is 28.2 Å². The van der Waals surface area contributed by atoms with E-state index in [0.29, 0.717) is 27.4 Å². The smallest absolute Gasteiger partial charge is 0.170 e. The molecule has 0 bridgehead atoms. The molecule has 1 heterocycles. The van der Waals surface area contributed by atoms with Gasteiger partial charge in [0.25, 0.3) is 0 Å². The summed E-state index contributed by atoms with van der Waals surface area (Å²) in [6.07, 6.45) is 2.44. The average Bonchev–Trinajstić information content (AvgIpc) is 2.84. The molecule has 2 N–H and O–H groups in total. The van der Waals surface area contributed by atoms with E-state index in [1.165, 1.54) is 0 Å². The van der Waals surface area contributed by atoms with Crippen LogP contribution in [0.1, 0.15) is 12.8 Å². The average molecular weight is 305 g/mol. The Morgan fingerprint density at radius 1 is 1.44 bits per heavy atom. The normalized spacial score (nSPS) is 18.7. The second-order valence-corrected chi connectivity index (χ2v) is 5.35. The Labute approximate surface area is 122 Å². The van der Waals surface area contributed by atoms with Gasteiger partial charge in [-0.2, -0.15) is 0 Å². The minimum absolute atomic E-state index is 0.250. The van der Waals surface area contributed by atoms with Crippen molar-refractivity contribution in [2.75, 3.05) is 18.5 Å². The van der Waals surface area contributed by atoms with Gasteiger partial charge < -0.3 is 15.4 Å². The van der Waals surface area contributed by atoms with Gasteiger partial charge in [0.05, 0.1) is 16.8 Å². The van der Waals surface area contributed by atoms with E-state index in [-0.39, 0.29) is 6.10 Å². The van der Waals surface area contributed by atoms with Gasteiger partial charge in [-0.05, 0) is 43.3 Å². The number of thiocarbonyl (C=S) groups is 1. The zero-order valence-corrected chi connectivity index (χ0v) is 12.0. The largest absolute Gasteiger partial charge is 0.376 e. The van der Waals surface area contributed by atoms with Crippen molar-refractivity contribution in [1.29, 1.82) is 0 Å². The summed E-state index contributed by atoms with van der Waals surface area (Å²) in [7, 11) is 0. The first kappa shape index (κ1) is 13.9. The van der Waals surface area contributed by atoms with Crippen LogP contribution in [0.5, 0.6) is 0 Å². The maximum atomic E-state index is 6.03. The van der Waals surface area contributed by atoms with E-state index in [1.807, 2.05) is 0 Å². The number of rotatable bonds is 3. The molecule has 0 saturated carbocycles. The molecule has 98 valence electrons. The number of benzene rings is 1. The van der Waals surface area contributed by atoms with Gasteiger partial charge in [-0.25, -0.2) is 0 Å². The Balaban J connectivity index is 1.84. The predicted molar refractivity (Wildman–Crippen MR) is 79.7 cm³/mol. The third kappa shape index (κ3) is 3.99. The molecule has 6 heteroatoms. The molecule has 1 aromatic carbocycles. The third-order valence-electron chi connectivity index (χ3n) is 2.69. The lowest BCUT2D eigenvalue weighted by atomic mass is 10.2. The van der Waals surface area contributed by atoms with E-state index in [0.717, 1.165) is 19.4 Å². The van der Waals surface area contributed by atoms with E-state index in [1.54, 1.807) is 18.2 Å². The number of halogens is 2. The molecular formula is C12H14Cl2N2OS. The Kier molecular flexibility index (Phi) is 5.06. The number of nitrogens with one attached hydrogen (secondary N) is 2. The molecule has 0 spiro atoms. The van der Waals surface area contributed by atoms with Crippen LogP contribution in [0, 0.1) is 0 Å². The van der Waals surface area contributed by atoms with Gasteiger partial charge in [0.1, 0.15) is 0 Å². The SMILES string of the molecule is S=C(NC[C@H]1CCCO1)Nc1cc(Cl)ccc1Cl. The van der Waals surface area contributed by atoms with E-state index < -0.39 is 0 Å². The van der Waals surface area contributed by atoms with Crippen LogP contribution in [0.4, 0.5) is 5.69 Å². The maximum absolute atomic E-state index is 6.03. The zero-order chi connectivity index (χ0) is 13.0. The molecule has 1 aliphatic rings. The molecule has 0 radical (unpaired) electrons. The molecule has 0 unspecified atom stereocenters. The Morgan fingerprint density at radius 3 is 3.00 bits per heavy atom. The number of anilines is 1. The second-order valence-electron chi connectivity index (χ2n) is 4.09. The van der Waals surface area contributed by atoms with Crippen molar-refractivity contribution in [1.82, 2.24) is 5.32 Å². The molecule has 2 rings (SSSR count). The molecule has 1 aliphatic heterocycles. The van der Waals surface area contributed by atoms with Crippen molar-refractivity contribution in [3.63, 3.8) is 0 Å². The van der Waals surface area contributed by atoms with Gasteiger partial charge in [0.15, 0.2) is 5.11 Å². The van der Waals surface area contributed by atoms with Gasteiger partial charge >= 0.3 is 0 Å². The van der Waals surface area contributed by atoms with Crippen LogP contribution in [-0.2, 0) is 4.74 Å². The minimum Gasteiger partial charge on any atom is -0.376 e. The highest BCUT2D eigenvalue weighted by molar-refractivity contribution is 7.80. The Morgan fingerprint density at radius 2 is 2.28 bits per heavy atom. The first-order valence-corrected chi connectivity index (χ1v) is 6.93. The topological polar surface area (TPSA) is 33.3 Å². The van der Waals surface area contributed by atoms with Gasteiger partial charge in [-0.15, -0.1) is 0 Å². The fraction of sp³-hybridized carbons (Fsp3) is 0.417. The molecule has 3 nitrogen and oxygen atoms in total. The summed E-state index contributed by atoms with van der Waals surface area (Å²) < 4.78 is 5.50.